The molecule has 0 bridgehead atoms. The van der Waals surface area contributed by atoms with Gasteiger partial charge >= 0.3 is 18.2 Å². The summed E-state index contributed by atoms with van der Waals surface area (Å²) in [5.74, 6) is -0.758. The molecule has 0 spiro atoms. The van der Waals surface area contributed by atoms with E-state index in [4.69, 9.17) is 24.7 Å². The summed E-state index contributed by atoms with van der Waals surface area (Å²) in [5, 5.41) is 20.1. The molecular formula is C49H57N5O9. The minimum Gasteiger partial charge on any atom is -0.506 e. The molecule has 14 nitrogen and oxygen atoms in total. The lowest BCUT2D eigenvalue weighted by atomic mass is 10.0. The average molecular weight is 860 g/mol. The number of rotatable bonds is 22. The molecule has 5 rings (SSSR count). The number of methoxy groups -OCH3 is 1. The molecule has 0 radical (unpaired) electrons. The third-order valence-corrected chi connectivity index (χ3v) is 10.5. The summed E-state index contributed by atoms with van der Waals surface area (Å²) in [5.41, 5.74) is 8.40. The number of anilines is 2. The Hall–Kier alpha value is -6.96. The molecule has 0 fully saturated rings. The van der Waals surface area contributed by atoms with Crippen LogP contribution < -0.4 is 25.0 Å². The predicted octanol–water partition coefficient (Wildman–Crippen LogP) is 11.9. The van der Waals surface area contributed by atoms with Crippen molar-refractivity contribution in [2.75, 3.05) is 37.1 Å². The quantitative estimate of drug-likeness (QED) is 0.0388. The summed E-state index contributed by atoms with van der Waals surface area (Å²) in [6.45, 7) is 4.68. The lowest BCUT2D eigenvalue weighted by Crippen LogP contribution is -2.31. The van der Waals surface area contributed by atoms with Crippen LogP contribution in [0.4, 0.5) is 32.3 Å². The molecule has 0 aliphatic carbocycles. The van der Waals surface area contributed by atoms with E-state index in [0.717, 1.165) is 12.8 Å². The van der Waals surface area contributed by atoms with Crippen LogP contribution in [0.15, 0.2) is 107 Å². The monoisotopic (exact) mass is 859 g/mol. The number of carbonyl (C=O) groups excluding carboxylic acids is 4. The molecule has 3 N–H and O–H groups in total. The standard InChI is InChI=1S/C49H57N5O9/c1-5-7-8-9-10-11-12-13-14-15-31-61-47(57)35-21-23-36(24-22-35)51-52-37-25-30-43(44(32-37)60-4)54(6-2)49(59)62-33-34-19-26-38(27-20-34)63-48(58)53(3)42-18-16-17-40-39(42)28-29-41(45(40)55)46(50)56/h16-30,32,55H,5-15,31,33H2,1-4H3,(H2,50,56). The number of hydrogen-bond donors (Lipinski definition) is 2. The number of azo groups is 1. The summed E-state index contributed by atoms with van der Waals surface area (Å²) in [4.78, 5) is 53.3. The summed E-state index contributed by atoms with van der Waals surface area (Å²) in [6, 6.07) is 26.3. The fourth-order valence-electron chi connectivity index (χ4n) is 6.93. The molecule has 0 aliphatic rings. The number of amides is 3. The highest BCUT2D eigenvalue weighted by molar-refractivity contribution is 6.08. The number of benzene rings is 5. The van der Waals surface area contributed by atoms with Gasteiger partial charge in [0.25, 0.3) is 5.91 Å². The summed E-state index contributed by atoms with van der Waals surface area (Å²) >= 11 is 0. The molecule has 5 aromatic rings. The number of esters is 1. The number of unbranched alkanes of at least 4 members (excludes halogenated alkanes) is 9. The molecule has 0 saturated heterocycles. The molecule has 0 aliphatic heterocycles. The van der Waals surface area contributed by atoms with Crippen LogP contribution in [0.3, 0.4) is 0 Å². The van der Waals surface area contributed by atoms with E-state index in [2.05, 4.69) is 17.2 Å². The third kappa shape index (κ3) is 13.3. The molecular weight excluding hydrogens is 803 g/mol. The summed E-state index contributed by atoms with van der Waals surface area (Å²) in [7, 11) is 3.02. The number of nitrogens with two attached hydrogens (primary N) is 1. The number of fused-ring (bicyclic) bond motifs is 1. The number of phenols is 1. The number of aromatic hydroxyl groups is 1. The Balaban J connectivity index is 1.08. The number of carbonyl (C=O) groups is 4. The van der Waals surface area contributed by atoms with Crippen molar-refractivity contribution >= 4 is 57.6 Å². The van der Waals surface area contributed by atoms with E-state index >= 15 is 0 Å². The molecule has 0 saturated carbocycles. The van der Waals surface area contributed by atoms with Gasteiger partial charge in [0.2, 0.25) is 0 Å². The maximum Gasteiger partial charge on any atom is 0.419 e. The van der Waals surface area contributed by atoms with E-state index < -0.39 is 18.1 Å². The summed E-state index contributed by atoms with van der Waals surface area (Å²) in [6.07, 6.45) is 10.9. The van der Waals surface area contributed by atoms with Gasteiger partial charge in [0.15, 0.2) is 0 Å². The molecule has 63 heavy (non-hydrogen) atoms. The SMILES string of the molecule is CCCCCCCCCCCCOC(=O)c1ccc(N=Nc2ccc(N(CC)C(=O)OCc3ccc(OC(=O)N(C)c4cccc5c(O)c(C(N)=O)ccc45)cc3)c(OC)c2)cc1. The average Bonchev–Trinajstić information content (AvgIpc) is 3.30. The van der Waals surface area contributed by atoms with Gasteiger partial charge in [-0.15, -0.1) is 0 Å². The van der Waals surface area contributed by atoms with E-state index in [-0.39, 0.29) is 36.2 Å². The fraction of sp³-hybridized carbons (Fsp3) is 0.347. The second kappa shape index (κ2) is 23.9. The van der Waals surface area contributed by atoms with E-state index in [1.54, 1.807) is 91.0 Å². The van der Waals surface area contributed by atoms with E-state index in [0.29, 0.717) is 57.0 Å². The second-order valence-corrected chi connectivity index (χ2v) is 15.0. The topological polar surface area (TPSA) is 183 Å². The first-order valence-corrected chi connectivity index (χ1v) is 21.4. The minimum atomic E-state index is -0.768. The van der Waals surface area contributed by atoms with Crippen molar-refractivity contribution < 1.29 is 43.2 Å². The Bertz CT molecular complexity index is 2350. The van der Waals surface area contributed by atoms with Crippen LogP contribution in [0, 0.1) is 0 Å². The first-order chi connectivity index (χ1) is 30.5. The van der Waals surface area contributed by atoms with Crippen molar-refractivity contribution in [1.29, 1.82) is 0 Å². The van der Waals surface area contributed by atoms with Crippen LogP contribution in [-0.2, 0) is 16.1 Å². The van der Waals surface area contributed by atoms with Crippen molar-refractivity contribution in [3.05, 3.63) is 114 Å². The molecule has 0 aromatic heterocycles. The molecule has 0 unspecified atom stereocenters. The predicted molar refractivity (Wildman–Crippen MR) is 244 cm³/mol. The van der Waals surface area contributed by atoms with Gasteiger partial charge in [0.1, 0.15) is 23.9 Å². The van der Waals surface area contributed by atoms with Crippen LogP contribution in [0.25, 0.3) is 10.8 Å². The summed E-state index contributed by atoms with van der Waals surface area (Å²) < 4.78 is 22.3. The van der Waals surface area contributed by atoms with E-state index in [1.165, 1.54) is 81.4 Å². The van der Waals surface area contributed by atoms with Crippen LogP contribution in [0.2, 0.25) is 0 Å². The Labute approximate surface area is 368 Å². The van der Waals surface area contributed by atoms with Gasteiger partial charge in [0.05, 0.1) is 47.6 Å². The highest BCUT2D eigenvalue weighted by Gasteiger charge is 2.21. The van der Waals surface area contributed by atoms with Crippen molar-refractivity contribution in [3.63, 3.8) is 0 Å². The third-order valence-electron chi connectivity index (χ3n) is 10.5. The first kappa shape index (κ1) is 47.1. The molecule has 0 heterocycles. The van der Waals surface area contributed by atoms with Crippen molar-refractivity contribution in [2.45, 2.75) is 84.7 Å². The van der Waals surface area contributed by atoms with Gasteiger partial charge in [0, 0.05) is 30.4 Å². The van der Waals surface area contributed by atoms with E-state index in [9.17, 15) is 24.3 Å². The Morgan fingerprint density at radius 2 is 1.33 bits per heavy atom. The van der Waals surface area contributed by atoms with Gasteiger partial charge in [-0.1, -0.05) is 95.0 Å². The number of primary amides is 1. The van der Waals surface area contributed by atoms with Crippen LogP contribution >= 0.6 is 0 Å². The number of hydrogen-bond acceptors (Lipinski definition) is 11. The Kier molecular flexibility index (Phi) is 17.9. The smallest absolute Gasteiger partial charge is 0.419 e. The highest BCUT2D eigenvalue weighted by atomic mass is 16.6. The van der Waals surface area contributed by atoms with Gasteiger partial charge < -0.3 is 29.8 Å². The zero-order valence-electron chi connectivity index (χ0n) is 36.5. The largest absolute Gasteiger partial charge is 0.506 e. The van der Waals surface area contributed by atoms with Crippen molar-refractivity contribution in [1.82, 2.24) is 0 Å². The maximum absolute atomic E-state index is 13.3. The van der Waals surface area contributed by atoms with Crippen LogP contribution in [-0.4, -0.2) is 56.5 Å². The minimum absolute atomic E-state index is 0.0261. The molecule has 0 atom stereocenters. The Morgan fingerprint density at radius 1 is 0.683 bits per heavy atom. The van der Waals surface area contributed by atoms with Crippen LogP contribution in [0.1, 0.15) is 104 Å². The van der Waals surface area contributed by atoms with Gasteiger partial charge in [-0.05, 0) is 79.6 Å². The number of nitrogens with zero attached hydrogens (tertiary/aromatic N) is 4. The normalized spacial score (nSPS) is 11.0. The highest BCUT2D eigenvalue weighted by Crippen LogP contribution is 2.36. The molecule has 332 valence electrons. The van der Waals surface area contributed by atoms with Crippen molar-refractivity contribution in [2.24, 2.45) is 16.0 Å². The van der Waals surface area contributed by atoms with E-state index in [1.807, 2.05) is 6.92 Å². The fourth-order valence-corrected chi connectivity index (χ4v) is 6.93. The lowest BCUT2D eigenvalue weighted by molar-refractivity contribution is 0.0497. The van der Waals surface area contributed by atoms with Crippen LogP contribution in [0.5, 0.6) is 17.2 Å². The molecule has 5 aromatic carbocycles. The lowest BCUT2D eigenvalue weighted by Gasteiger charge is -2.22. The van der Waals surface area contributed by atoms with Gasteiger partial charge in [-0.25, -0.2) is 14.4 Å². The van der Waals surface area contributed by atoms with Crippen molar-refractivity contribution in [3.8, 4) is 17.2 Å². The second-order valence-electron chi connectivity index (χ2n) is 15.0. The molecule has 14 heteroatoms. The van der Waals surface area contributed by atoms with Gasteiger partial charge in [-0.3, -0.25) is 14.6 Å². The zero-order chi connectivity index (χ0) is 45.1. The Morgan fingerprint density at radius 3 is 1.98 bits per heavy atom. The number of ether oxygens (including phenoxy) is 4. The van der Waals surface area contributed by atoms with Gasteiger partial charge in [-0.2, -0.15) is 10.2 Å². The zero-order valence-corrected chi connectivity index (χ0v) is 36.5. The maximum atomic E-state index is 13.3. The molecule has 3 amide bonds. The first-order valence-electron chi connectivity index (χ1n) is 21.4.